The average molecular weight is 264 g/mol. The third kappa shape index (κ3) is 4.06. The first kappa shape index (κ1) is 15.2. The van der Waals surface area contributed by atoms with E-state index in [4.69, 9.17) is 5.11 Å². The lowest BCUT2D eigenvalue weighted by Crippen LogP contribution is -2.49. The number of aliphatic carboxylic acids is 1. The Morgan fingerprint density at radius 2 is 1.89 bits per heavy atom. The van der Waals surface area contributed by atoms with Crippen molar-refractivity contribution in [3.05, 3.63) is 29.3 Å². The molecule has 0 bridgehead atoms. The first-order chi connectivity index (χ1) is 8.74. The molecule has 1 aromatic carbocycles. The van der Waals surface area contributed by atoms with Gasteiger partial charge >= 0.3 is 5.97 Å². The molecule has 0 saturated heterocycles. The second-order valence-corrected chi connectivity index (χ2v) is 5.08. The molecule has 104 valence electrons. The van der Waals surface area contributed by atoms with Gasteiger partial charge in [-0.25, -0.2) is 0 Å². The highest BCUT2D eigenvalue weighted by Gasteiger charge is 2.26. The molecular formula is C14H20N2O3. The number of carboxylic acids is 1. The standard InChI is InChI=1S/C14H20N2O3/c1-9-6-5-7-11(10(9)2)16-12(17)8-15-14(3,4)13(18)19/h5-7,15H,8H2,1-4H3,(H,16,17)(H,18,19). The van der Waals surface area contributed by atoms with Crippen molar-refractivity contribution in [1.29, 1.82) is 0 Å². The van der Waals surface area contributed by atoms with Crippen molar-refractivity contribution in [2.75, 3.05) is 11.9 Å². The van der Waals surface area contributed by atoms with Crippen LogP contribution in [0.4, 0.5) is 5.69 Å². The number of carboxylic acid groups (broad SMARTS) is 1. The molecule has 0 aliphatic rings. The van der Waals surface area contributed by atoms with Gasteiger partial charge in [0.15, 0.2) is 0 Å². The summed E-state index contributed by atoms with van der Waals surface area (Å²) in [6.45, 7) is 6.88. The molecule has 0 unspecified atom stereocenters. The Hall–Kier alpha value is -1.88. The van der Waals surface area contributed by atoms with E-state index in [0.717, 1.165) is 16.8 Å². The summed E-state index contributed by atoms with van der Waals surface area (Å²) in [5.74, 6) is -1.25. The van der Waals surface area contributed by atoms with Crippen LogP contribution in [-0.2, 0) is 9.59 Å². The van der Waals surface area contributed by atoms with Gasteiger partial charge in [-0.3, -0.25) is 14.9 Å². The molecule has 0 fully saturated rings. The lowest BCUT2D eigenvalue weighted by Gasteiger charge is -2.20. The molecular weight excluding hydrogens is 244 g/mol. The van der Waals surface area contributed by atoms with Gasteiger partial charge in [0.2, 0.25) is 5.91 Å². The molecule has 0 aliphatic heterocycles. The smallest absolute Gasteiger partial charge is 0.323 e. The number of benzene rings is 1. The Kier molecular flexibility index (Phi) is 4.67. The minimum absolute atomic E-state index is 0.0489. The van der Waals surface area contributed by atoms with E-state index in [0.29, 0.717) is 0 Å². The summed E-state index contributed by atoms with van der Waals surface area (Å²) in [5.41, 5.74) is 1.73. The monoisotopic (exact) mass is 264 g/mol. The molecule has 0 heterocycles. The average Bonchev–Trinajstić information content (AvgIpc) is 2.32. The number of aryl methyl sites for hydroxylation is 1. The first-order valence-corrected chi connectivity index (χ1v) is 6.08. The number of hydrogen-bond acceptors (Lipinski definition) is 3. The highest BCUT2D eigenvalue weighted by atomic mass is 16.4. The molecule has 5 nitrogen and oxygen atoms in total. The Morgan fingerprint density at radius 3 is 2.47 bits per heavy atom. The van der Waals surface area contributed by atoms with E-state index < -0.39 is 11.5 Å². The third-order valence-corrected chi connectivity index (χ3v) is 3.10. The van der Waals surface area contributed by atoms with E-state index in [-0.39, 0.29) is 12.5 Å². The Labute approximate surface area is 113 Å². The van der Waals surface area contributed by atoms with Crippen LogP contribution in [-0.4, -0.2) is 29.1 Å². The molecule has 0 atom stereocenters. The SMILES string of the molecule is Cc1cccc(NC(=O)CNC(C)(C)C(=O)O)c1C. The fourth-order valence-electron chi connectivity index (χ4n) is 1.46. The van der Waals surface area contributed by atoms with Gasteiger partial charge in [0.05, 0.1) is 6.54 Å². The van der Waals surface area contributed by atoms with Crippen molar-refractivity contribution in [2.45, 2.75) is 33.2 Å². The van der Waals surface area contributed by atoms with Crippen LogP contribution in [0.25, 0.3) is 0 Å². The van der Waals surface area contributed by atoms with Gasteiger partial charge in [-0.1, -0.05) is 12.1 Å². The molecule has 1 amide bonds. The molecule has 0 saturated carbocycles. The zero-order valence-corrected chi connectivity index (χ0v) is 11.7. The minimum Gasteiger partial charge on any atom is -0.480 e. The quantitative estimate of drug-likeness (QED) is 0.756. The van der Waals surface area contributed by atoms with E-state index in [1.165, 1.54) is 13.8 Å². The Balaban J connectivity index is 2.62. The lowest BCUT2D eigenvalue weighted by atomic mass is 10.1. The predicted molar refractivity (Wildman–Crippen MR) is 74.3 cm³/mol. The van der Waals surface area contributed by atoms with E-state index >= 15 is 0 Å². The lowest BCUT2D eigenvalue weighted by molar-refractivity contribution is -0.143. The van der Waals surface area contributed by atoms with Crippen LogP contribution >= 0.6 is 0 Å². The summed E-state index contributed by atoms with van der Waals surface area (Å²) in [7, 11) is 0. The second-order valence-electron chi connectivity index (χ2n) is 5.08. The number of rotatable bonds is 5. The van der Waals surface area contributed by atoms with Crippen molar-refractivity contribution in [3.63, 3.8) is 0 Å². The number of hydrogen-bond donors (Lipinski definition) is 3. The summed E-state index contributed by atoms with van der Waals surface area (Å²) < 4.78 is 0. The topological polar surface area (TPSA) is 78.4 Å². The zero-order valence-electron chi connectivity index (χ0n) is 11.7. The zero-order chi connectivity index (χ0) is 14.6. The summed E-state index contributed by atoms with van der Waals surface area (Å²) in [4.78, 5) is 22.7. The number of nitrogens with one attached hydrogen (secondary N) is 2. The normalized spacial score (nSPS) is 11.2. The minimum atomic E-state index is -1.13. The van der Waals surface area contributed by atoms with Gasteiger partial charge in [0, 0.05) is 5.69 Å². The predicted octanol–water partition coefficient (Wildman–Crippen LogP) is 1.69. The molecule has 0 aromatic heterocycles. The largest absolute Gasteiger partial charge is 0.480 e. The Bertz CT molecular complexity index is 495. The number of carbonyl (C=O) groups is 2. The molecule has 5 heteroatoms. The molecule has 3 N–H and O–H groups in total. The van der Waals surface area contributed by atoms with Crippen LogP contribution in [0, 0.1) is 13.8 Å². The Morgan fingerprint density at radius 1 is 1.26 bits per heavy atom. The first-order valence-electron chi connectivity index (χ1n) is 6.08. The molecule has 1 rings (SSSR count). The summed E-state index contributed by atoms with van der Waals surface area (Å²) in [5, 5.41) is 14.4. The van der Waals surface area contributed by atoms with Gasteiger partial charge in [-0.05, 0) is 44.9 Å². The van der Waals surface area contributed by atoms with Crippen molar-refractivity contribution >= 4 is 17.6 Å². The maximum atomic E-state index is 11.8. The van der Waals surface area contributed by atoms with E-state index in [9.17, 15) is 9.59 Å². The molecule has 0 radical (unpaired) electrons. The van der Waals surface area contributed by atoms with Crippen LogP contribution in [0.1, 0.15) is 25.0 Å². The number of anilines is 1. The van der Waals surface area contributed by atoms with Crippen LogP contribution < -0.4 is 10.6 Å². The molecule has 0 aliphatic carbocycles. The van der Waals surface area contributed by atoms with E-state index in [2.05, 4.69) is 10.6 Å². The number of carbonyl (C=O) groups excluding carboxylic acids is 1. The van der Waals surface area contributed by atoms with Gasteiger partial charge in [-0.2, -0.15) is 0 Å². The molecule has 0 spiro atoms. The third-order valence-electron chi connectivity index (χ3n) is 3.10. The maximum Gasteiger partial charge on any atom is 0.323 e. The van der Waals surface area contributed by atoms with Gasteiger partial charge in [0.25, 0.3) is 0 Å². The van der Waals surface area contributed by atoms with Crippen molar-refractivity contribution in [2.24, 2.45) is 0 Å². The van der Waals surface area contributed by atoms with Gasteiger partial charge < -0.3 is 10.4 Å². The van der Waals surface area contributed by atoms with Crippen LogP contribution in [0.15, 0.2) is 18.2 Å². The highest BCUT2D eigenvalue weighted by molar-refractivity contribution is 5.93. The fourth-order valence-corrected chi connectivity index (χ4v) is 1.46. The number of amides is 1. The van der Waals surface area contributed by atoms with Crippen LogP contribution in [0.2, 0.25) is 0 Å². The second kappa shape index (κ2) is 5.84. The van der Waals surface area contributed by atoms with E-state index in [1.54, 1.807) is 0 Å². The molecule has 19 heavy (non-hydrogen) atoms. The summed E-state index contributed by atoms with van der Waals surface area (Å²) in [6.07, 6.45) is 0. The van der Waals surface area contributed by atoms with Crippen molar-refractivity contribution < 1.29 is 14.7 Å². The van der Waals surface area contributed by atoms with E-state index in [1.807, 2.05) is 32.0 Å². The van der Waals surface area contributed by atoms with Crippen molar-refractivity contribution in [3.8, 4) is 0 Å². The molecule has 1 aromatic rings. The maximum absolute atomic E-state index is 11.8. The highest BCUT2D eigenvalue weighted by Crippen LogP contribution is 2.17. The summed E-state index contributed by atoms with van der Waals surface area (Å²) in [6, 6.07) is 5.66. The summed E-state index contributed by atoms with van der Waals surface area (Å²) >= 11 is 0. The fraction of sp³-hybridized carbons (Fsp3) is 0.429. The van der Waals surface area contributed by atoms with Gasteiger partial charge in [-0.15, -0.1) is 0 Å². The van der Waals surface area contributed by atoms with Crippen LogP contribution in [0.5, 0.6) is 0 Å². The van der Waals surface area contributed by atoms with Crippen molar-refractivity contribution in [1.82, 2.24) is 5.32 Å². The van der Waals surface area contributed by atoms with Gasteiger partial charge in [0.1, 0.15) is 5.54 Å². The van der Waals surface area contributed by atoms with Crippen LogP contribution in [0.3, 0.4) is 0 Å².